The van der Waals surface area contributed by atoms with Gasteiger partial charge in [-0.3, -0.25) is 9.10 Å². The lowest BCUT2D eigenvalue weighted by atomic mass is 10.1. The monoisotopic (exact) mass is 450 g/mol. The number of carbonyl (C=O) groups is 3. The van der Waals surface area contributed by atoms with Gasteiger partial charge in [-0.2, -0.15) is 0 Å². The first-order valence-corrected chi connectivity index (χ1v) is 10.7. The zero-order chi connectivity index (χ0) is 23.2. The van der Waals surface area contributed by atoms with Gasteiger partial charge in [-0.25, -0.2) is 18.0 Å². The van der Waals surface area contributed by atoms with Gasteiger partial charge >= 0.3 is 11.9 Å². The third-order valence-electron chi connectivity index (χ3n) is 4.16. The molecule has 0 aliphatic rings. The maximum atomic E-state index is 12.7. The summed E-state index contributed by atoms with van der Waals surface area (Å²) in [6, 6.07) is 10.2. The van der Waals surface area contributed by atoms with Crippen LogP contribution in [0.15, 0.2) is 42.5 Å². The van der Waals surface area contributed by atoms with Crippen LogP contribution < -0.4 is 14.4 Å². The highest BCUT2D eigenvalue weighted by Gasteiger charge is 2.25. The van der Waals surface area contributed by atoms with Crippen LogP contribution in [0.25, 0.3) is 0 Å². The van der Waals surface area contributed by atoms with Gasteiger partial charge in [-0.05, 0) is 30.3 Å². The lowest BCUT2D eigenvalue weighted by Crippen LogP contribution is -2.37. The molecule has 0 atom stereocenters. The topological polar surface area (TPSA) is 128 Å². The van der Waals surface area contributed by atoms with Crippen LogP contribution in [0.3, 0.4) is 0 Å². The summed E-state index contributed by atoms with van der Waals surface area (Å²) in [6.07, 6.45) is 0.949. The number of para-hydroxylation sites is 2. The van der Waals surface area contributed by atoms with E-state index in [-0.39, 0.29) is 28.3 Å². The Morgan fingerprint density at radius 1 is 0.968 bits per heavy atom. The van der Waals surface area contributed by atoms with Gasteiger partial charge in [-0.15, -0.1) is 0 Å². The van der Waals surface area contributed by atoms with Crippen LogP contribution in [-0.2, 0) is 24.3 Å². The first-order valence-electron chi connectivity index (χ1n) is 8.83. The number of methoxy groups -OCH3 is 3. The smallest absolute Gasteiger partial charge is 0.339 e. The van der Waals surface area contributed by atoms with Crippen molar-refractivity contribution in [3.63, 3.8) is 0 Å². The van der Waals surface area contributed by atoms with E-state index in [9.17, 15) is 22.8 Å². The lowest BCUT2D eigenvalue weighted by molar-refractivity contribution is -0.114. The summed E-state index contributed by atoms with van der Waals surface area (Å²) in [7, 11) is -0.144. The molecule has 0 spiro atoms. The zero-order valence-electron chi connectivity index (χ0n) is 17.4. The number of esters is 2. The maximum Gasteiger partial charge on any atom is 0.339 e. The van der Waals surface area contributed by atoms with Crippen molar-refractivity contribution in [1.29, 1.82) is 0 Å². The second-order valence-electron chi connectivity index (χ2n) is 6.23. The summed E-state index contributed by atoms with van der Waals surface area (Å²) in [6.45, 7) is -0.609. The molecule has 1 N–H and O–H groups in total. The summed E-state index contributed by atoms with van der Waals surface area (Å²) in [4.78, 5) is 36.6. The quantitative estimate of drug-likeness (QED) is 0.602. The second kappa shape index (κ2) is 9.94. The number of hydrogen-bond donors (Lipinski definition) is 1. The first-order chi connectivity index (χ1) is 14.6. The summed E-state index contributed by atoms with van der Waals surface area (Å²) in [5, 5.41) is 2.46. The van der Waals surface area contributed by atoms with Crippen molar-refractivity contribution in [2.24, 2.45) is 0 Å². The van der Waals surface area contributed by atoms with E-state index in [2.05, 4.69) is 10.1 Å². The molecular formula is C20H22N2O8S. The fourth-order valence-electron chi connectivity index (χ4n) is 2.72. The van der Waals surface area contributed by atoms with Gasteiger partial charge in [0.1, 0.15) is 12.3 Å². The minimum absolute atomic E-state index is 0.0216. The third-order valence-corrected chi connectivity index (χ3v) is 5.29. The summed E-state index contributed by atoms with van der Waals surface area (Å²) >= 11 is 0. The van der Waals surface area contributed by atoms with E-state index in [1.165, 1.54) is 38.5 Å². The highest BCUT2D eigenvalue weighted by atomic mass is 32.2. The molecule has 11 heteroatoms. The number of carbonyl (C=O) groups excluding carboxylic acids is 3. The Kier molecular flexibility index (Phi) is 7.59. The number of nitrogens with one attached hydrogen (secondary N) is 1. The Morgan fingerprint density at radius 2 is 1.61 bits per heavy atom. The molecule has 2 aromatic rings. The minimum atomic E-state index is -3.87. The first kappa shape index (κ1) is 23.7. The summed E-state index contributed by atoms with van der Waals surface area (Å²) in [5.41, 5.74) is 0.189. The van der Waals surface area contributed by atoms with Crippen molar-refractivity contribution in [2.45, 2.75) is 0 Å². The van der Waals surface area contributed by atoms with E-state index in [0.29, 0.717) is 0 Å². The molecule has 0 radical (unpaired) electrons. The van der Waals surface area contributed by atoms with Crippen LogP contribution in [0.2, 0.25) is 0 Å². The Bertz CT molecular complexity index is 1100. The number of nitrogens with zero attached hydrogens (tertiary/aromatic N) is 1. The molecule has 0 saturated carbocycles. The molecule has 0 bridgehead atoms. The van der Waals surface area contributed by atoms with Crippen LogP contribution in [0.1, 0.15) is 20.7 Å². The number of sulfonamides is 1. The van der Waals surface area contributed by atoms with E-state index in [0.717, 1.165) is 17.7 Å². The standard InChI is InChI=1S/C20H22N2O8S/c1-28-17-8-6-5-7-16(17)22(31(4,26)27)12-18(23)21-15-11-13(19(24)29-2)9-10-14(15)20(25)30-3/h5-11H,12H2,1-4H3,(H,21,23). The Balaban J connectivity index is 2.40. The highest BCUT2D eigenvalue weighted by Crippen LogP contribution is 2.29. The third kappa shape index (κ3) is 5.72. The number of anilines is 2. The van der Waals surface area contributed by atoms with Gasteiger partial charge < -0.3 is 19.5 Å². The maximum absolute atomic E-state index is 12.7. The van der Waals surface area contributed by atoms with Crippen LogP contribution >= 0.6 is 0 Å². The van der Waals surface area contributed by atoms with Crippen LogP contribution in [-0.4, -0.2) is 60.4 Å². The number of benzene rings is 2. The summed E-state index contributed by atoms with van der Waals surface area (Å²) in [5.74, 6) is -1.94. The molecule has 0 aromatic heterocycles. The van der Waals surface area contributed by atoms with Crippen molar-refractivity contribution >= 4 is 39.2 Å². The SMILES string of the molecule is COC(=O)c1ccc(C(=O)OC)c(NC(=O)CN(c2ccccc2OC)S(C)(=O)=O)c1. The predicted molar refractivity (Wildman–Crippen MR) is 113 cm³/mol. The molecular weight excluding hydrogens is 428 g/mol. The van der Waals surface area contributed by atoms with Gasteiger partial charge in [-0.1, -0.05) is 12.1 Å². The average molecular weight is 450 g/mol. The van der Waals surface area contributed by atoms with Gasteiger partial charge in [0.25, 0.3) is 0 Å². The van der Waals surface area contributed by atoms with Crippen molar-refractivity contribution in [3.8, 4) is 5.75 Å². The molecule has 0 aliphatic carbocycles. The second-order valence-corrected chi connectivity index (χ2v) is 8.14. The highest BCUT2D eigenvalue weighted by molar-refractivity contribution is 7.92. The summed E-state index contributed by atoms with van der Waals surface area (Å²) < 4.78 is 40.1. The lowest BCUT2D eigenvalue weighted by Gasteiger charge is -2.24. The molecule has 2 rings (SSSR count). The van der Waals surface area contributed by atoms with Gasteiger partial charge in [0, 0.05) is 0 Å². The molecule has 0 unspecified atom stereocenters. The van der Waals surface area contributed by atoms with E-state index in [4.69, 9.17) is 9.47 Å². The molecule has 166 valence electrons. The van der Waals surface area contributed by atoms with Crippen molar-refractivity contribution in [3.05, 3.63) is 53.6 Å². The molecule has 1 amide bonds. The Labute approximate surface area is 179 Å². The van der Waals surface area contributed by atoms with Gasteiger partial charge in [0.15, 0.2) is 0 Å². The van der Waals surface area contributed by atoms with Gasteiger partial charge in [0.2, 0.25) is 15.9 Å². The fraction of sp³-hybridized carbons (Fsp3) is 0.250. The zero-order valence-corrected chi connectivity index (χ0v) is 18.2. The van der Waals surface area contributed by atoms with Crippen molar-refractivity contribution in [2.75, 3.05) is 43.8 Å². The van der Waals surface area contributed by atoms with E-state index >= 15 is 0 Å². The van der Waals surface area contributed by atoms with Crippen molar-refractivity contribution < 1.29 is 37.0 Å². The van der Waals surface area contributed by atoms with Crippen LogP contribution in [0, 0.1) is 0 Å². The molecule has 0 fully saturated rings. The van der Waals surface area contributed by atoms with Gasteiger partial charge in [0.05, 0.1) is 50.1 Å². The Hall–Kier alpha value is -3.60. The van der Waals surface area contributed by atoms with Crippen molar-refractivity contribution in [1.82, 2.24) is 0 Å². The molecule has 2 aromatic carbocycles. The normalized spacial score (nSPS) is 10.7. The molecule has 0 aliphatic heterocycles. The van der Waals surface area contributed by atoms with E-state index < -0.39 is 34.4 Å². The number of ether oxygens (including phenoxy) is 3. The Morgan fingerprint density at radius 3 is 2.19 bits per heavy atom. The van der Waals surface area contributed by atoms with E-state index in [1.807, 2.05) is 0 Å². The minimum Gasteiger partial charge on any atom is -0.495 e. The molecule has 31 heavy (non-hydrogen) atoms. The molecule has 0 heterocycles. The number of amides is 1. The van der Waals surface area contributed by atoms with E-state index in [1.54, 1.807) is 18.2 Å². The largest absolute Gasteiger partial charge is 0.495 e. The van der Waals surface area contributed by atoms with Crippen LogP contribution in [0.4, 0.5) is 11.4 Å². The molecule has 10 nitrogen and oxygen atoms in total. The molecule has 0 saturated heterocycles. The fourth-order valence-corrected chi connectivity index (χ4v) is 3.58. The number of rotatable bonds is 8. The number of hydrogen-bond acceptors (Lipinski definition) is 8. The predicted octanol–water partition coefficient (Wildman–Crippen LogP) is 1.67. The van der Waals surface area contributed by atoms with Crippen LogP contribution in [0.5, 0.6) is 5.75 Å². The average Bonchev–Trinajstić information content (AvgIpc) is 2.75.